The van der Waals surface area contributed by atoms with Crippen LogP contribution >= 0.6 is 0 Å². The zero-order valence-corrected chi connectivity index (χ0v) is 11.9. The van der Waals surface area contributed by atoms with Crippen molar-refractivity contribution in [2.24, 2.45) is 0 Å². The first-order chi connectivity index (χ1) is 9.95. The minimum absolute atomic E-state index is 0.186. The Balaban J connectivity index is 2.44. The Bertz CT molecular complexity index is 731. The van der Waals surface area contributed by atoms with Crippen LogP contribution in [0.1, 0.15) is 6.92 Å². The molecule has 21 heavy (non-hydrogen) atoms. The van der Waals surface area contributed by atoms with E-state index in [1.165, 1.54) is 12.3 Å². The Labute approximate surface area is 121 Å². The van der Waals surface area contributed by atoms with Crippen molar-refractivity contribution in [3.8, 4) is 0 Å². The van der Waals surface area contributed by atoms with Crippen LogP contribution in [0.2, 0.25) is 0 Å². The fraction of sp³-hybridized carbons (Fsp3) is 0.154. The van der Waals surface area contributed by atoms with Crippen LogP contribution in [0.25, 0.3) is 0 Å². The number of aromatic nitrogens is 1. The summed E-state index contributed by atoms with van der Waals surface area (Å²) < 4.78 is 53.6. The Morgan fingerprint density at radius 3 is 2.48 bits per heavy atom. The molecule has 1 heterocycles. The van der Waals surface area contributed by atoms with E-state index in [1.807, 2.05) is 4.72 Å². The van der Waals surface area contributed by atoms with Gasteiger partial charge in [-0.05, 0) is 25.1 Å². The molecule has 0 aliphatic heterocycles. The maximum absolute atomic E-state index is 13.5. The number of hydrogen-bond donors (Lipinski definition) is 2. The smallest absolute Gasteiger partial charge is 0.265 e. The monoisotopic (exact) mass is 313 g/mol. The van der Waals surface area contributed by atoms with E-state index in [0.29, 0.717) is 12.2 Å². The predicted molar refractivity (Wildman–Crippen MR) is 75.6 cm³/mol. The average Bonchev–Trinajstić information content (AvgIpc) is 2.44. The summed E-state index contributed by atoms with van der Waals surface area (Å²) in [6.07, 6.45) is 2.53. The minimum atomic E-state index is -4.17. The first-order valence-corrected chi connectivity index (χ1v) is 7.58. The summed E-state index contributed by atoms with van der Waals surface area (Å²) in [7, 11) is -4.17. The van der Waals surface area contributed by atoms with Crippen molar-refractivity contribution in [3.63, 3.8) is 0 Å². The summed E-state index contributed by atoms with van der Waals surface area (Å²) in [5.41, 5.74) is -0.416. The third-order valence-electron chi connectivity index (χ3n) is 2.64. The van der Waals surface area contributed by atoms with Crippen molar-refractivity contribution in [2.75, 3.05) is 16.6 Å². The Morgan fingerprint density at radius 2 is 1.86 bits per heavy atom. The summed E-state index contributed by atoms with van der Waals surface area (Å²) in [6.45, 7) is 2.28. The molecule has 0 aliphatic rings. The van der Waals surface area contributed by atoms with Crippen LogP contribution in [-0.2, 0) is 10.0 Å². The lowest BCUT2D eigenvalue weighted by atomic mass is 10.3. The van der Waals surface area contributed by atoms with Crippen molar-refractivity contribution >= 4 is 21.4 Å². The first kappa shape index (κ1) is 15.2. The number of nitrogens with one attached hydrogen (secondary N) is 2. The molecule has 0 unspecified atom stereocenters. The molecule has 2 N–H and O–H groups in total. The third-order valence-corrected chi connectivity index (χ3v) is 4.02. The highest BCUT2D eigenvalue weighted by molar-refractivity contribution is 7.92. The van der Waals surface area contributed by atoms with Gasteiger partial charge in [0, 0.05) is 18.9 Å². The van der Waals surface area contributed by atoms with Gasteiger partial charge in [0.1, 0.15) is 22.2 Å². The van der Waals surface area contributed by atoms with E-state index in [2.05, 4.69) is 10.3 Å². The van der Waals surface area contributed by atoms with Crippen LogP contribution in [0.15, 0.2) is 41.6 Å². The summed E-state index contributed by atoms with van der Waals surface area (Å²) in [5, 5.41) is 2.85. The number of sulfonamides is 1. The third kappa shape index (κ3) is 3.27. The van der Waals surface area contributed by atoms with Gasteiger partial charge in [-0.25, -0.2) is 17.2 Å². The number of benzene rings is 1. The normalized spacial score (nSPS) is 11.2. The summed E-state index contributed by atoms with van der Waals surface area (Å²) in [4.78, 5) is 3.55. The largest absolute Gasteiger partial charge is 0.384 e. The quantitative estimate of drug-likeness (QED) is 0.890. The van der Waals surface area contributed by atoms with E-state index in [1.54, 1.807) is 6.92 Å². The maximum Gasteiger partial charge on any atom is 0.265 e. The van der Waals surface area contributed by atoms with Crippen molar-refractivity contribution < 1.29 is 17.2 Å². The zero-order chi connectivity index (χ0) is 15.5. The topological polar surface area (TPSA) is 71.1 Å². The SMILES string of the molecule is CCNc1ccncc1S(=O)(=O)Nc1c(F)cccc1F. The van der Waals surface area contributed by atoms with Crippen LogP contribution in [0.5, 0.6) is 0 Å². The standard InChI is InChI=1S/C13H13F2N3O2S/c1-2-17-11-6-7-16-8-12(11)21(19,20)18-13-9(14)4-3-5-10(13)15/h3-8,18H,2H2,1H3,(H,16,17). The number of nitrogens with zero attached hydrogens (tertiary/aromatic N) is 1. The van der Waals surface area contributed by atoms with E-state index in [0.717, 1.165) is 24.4 Å². The van der Waals surface area contributed by atoms with Gasteiger partial charge in [0.05, 0.1) is 5.69 Å². The van der Waals surface area contributed by atoms with Gasteiger partial charge >= 0.3 is 0 Å². The first-order valence-electron chi connectivity index (χ1n) is 6.10. The zero-order valence-electron chi connectivity index (χ0n) is 11.1. The lowest BCUT2D eigenvalue weighted by Crippen LogP contribution is -2.17. The van der Waals surface area contributed by atoms with Gasteiger partial charge < -0.3 is 5.32 Å². The molecule has 0 fully saturated rings. The Morgan fingerprint density at radius 1 is 1.19 bits per heavy atom. The van der Waals surface area contributed by atoms with Crippen molar-refractivity contribution in [1.29, 1.82) is 0 Å². The van der Waals surface area contributed by atoms with Gasteiger partial charge in [-0.1, -0.05) is 6.07 Å². The van der Waals surface area contributed by atoms with Gasteiger partial charge in [0.25, 0.3) is 10.0 Å². The van der Waals surface area contributed by atoms with Crippen LogP contribution in [0.3, 0.4) is 0 Å². The van der Waals surface area contributed by atoms with Gasteiger partial charge in [0.2, 0.25) is 0 Å². The van der Waals surface area contributed by atoms with Crippen LogP contribution in [0, 0.1) is 11.6 Å². The highest BCUT2D eigenvalue weighted by atomic mass is 32.2. The fourth-order valence-electron chi connectivity index (χ4n) is 1.72. The van der Waals surface area contributed by atoms with E-state index in [9.17, 15) is 17.2 Å². The van der Waals surface area contributed by atoms with E-state index < -0.39 is 27.3 Å². The minimum Gasteiger partial charge on any atom is -0.384 e. The molecule has 0 radical (unpaired) electrons. The van der Waals surface area contributed by atoms with Crippen LogP contribution in [-0.4, -0.2) is 19.9 Å². The average molecular weight is 313 g/mol. The molecule has 2 rings (SSSR count). The number of para-hydroxylation sites is 1. The maximum atomic E-state index is 13.5. The van der Waals surface area contributed by atoms with Crippen LogP contribution < -0.4 is 10.0 Å². The number of rotatable bonds is 5. The molecule has 0 saturated carbocycles. The van der Waals surface area contributed by atoms with Crippen LogP contribution in [0.4, 0.5) is 20.2 Å². The fourth-order valence-corrected chi connectivity index (χ4v) is 2.92. The lowest BCUT2D eigenvalue weighted by molar-refractivity contribution is 0.583. The molecule has 1 aromatic carbocycles. The highest BCUT2D eigenvalue weighted by Crippen LogP contribution is 2.25. The molecule has 8 heteroatoms. The molecule has 0 atom stereocenters. The van der Waals surface area contributed by atoms with Crippen molar-refractivity contribution in [2.45, 2.75) is 11.8 Å². The number of pyridine rings is 1. The lowest BCUT2D eigenvalue weighted by Gasteiger charge is -2.13. The van der Waals surface area contributed by atoms with Gasteiger partial charge in [-0.3, -0.25) is 9.71 Å². The van der Waals surface area contributed by atoms with Crippen molar-refractivity contribution in [3.05, 3.63) is 48.3 Å². The molecule has 0 bridgehead atoms. The second-order valence-electron chi connectivity index (χ2n) is 4.10. The molecule has 1 aromatic heterocycles. The van der Waals surface area contributed by atoms with Gasteiger partial charge in [0.15, 0.2) is 0 Å². The summed E-state index contributed by atoms with van der Waals surface area (Å²) in [5.74, 6) is -1.99. The van der Waals surface area contributed by atoms with E-state index in [4.69, 9.17) is 0 Å². The Kier molecular flexibility index (Phi) is 4.37. The second-order valence-corrected chi connectivity index (χ2v) is 5.76. The summed E-state index contributed by atoms with van der Waals surface area (Å²) in [6, 6.07) is 4.55. The predicted octanol–water partition coefficient (Wildman–Crippen LogP) is 2.59. The molecule has 0 aliphatic carbocycles. The number of anilines is 2. The van der Waals surface area contributed by atoms with Gasteiger partial charge in [-0.15, -0.1) is 0 Å². The molecule has 0 spiro atoms. The summed E-state index contributed by atoms with van der Waals surface area (Å²) >= 11 is 0. The number of halogens is 2. The molecule has 2 aromatic rings. The molecule has 0 saturated heterocycles. The number of hydrogen-bond acceptors (Lipinski definition) is 4. The Hall–Kier alpha value is -2.22. The van der Waals surface area contributed by atoms with E-state index >= 15 is 0 Å². The molecular weight excluding hydrogens is 300 g/mol. The van der Waals surface area contributed by atoms with E-state index in [-0.39, 0.29) is 4.90 Å². The second kappa shape index (κ2) is 6.04. The van der Waals surface area contributed by atoms with Crippen molar-refractivity contribution in [1.82, 2.24) is 4.98 Å². The molecule has 5 nitrogen and oxygen atoms in total. The molecule has 112 valence electrons. The van der Waals surface area contributed by atoms with Gasteiger partial charge in [-0.2, -0.15) is 0 Å². The molecule has 0 amide bonds. The highest BCUT2D eigenvalue weighted by Gasteiger charge is 2.22. The molecular formula is C13H13F2N3O2S.